The molecular formula is C14H21BrN2O2. The van der Waals surface area contributed by atoms with E-state index in [1.54, 1.807) is 7.11 Å². The van der Waals surface area contributed by atoms with Crippen molar-refractivity contribution in [3.8, 4) is 5.75 Å². The van der Waals surface area contributed by atoms with Crippen LogP contribution < -0.4 is 10.5 Å². The van der Waals surface area contributed by atoms with Gasteiger partial charge in [0.25, 0.3) is 0 Å². The van der Waals surface area contributed by atoms with Gasteiger partial charge in [-0.05, 0) is 47.1 Å². The Balaban J connectivity index is 1.98. The van der Waals surface area contributed by atoms with Crippen LogP contribution in [0.3, 0.4) is 0 Å². The summed E-state index contributed by atoms with van der Waals surface area (Å²) < 4.78 is 11.9. The summed E-state index contributed by atoms with van der Waals surface area (Å²) in [5, 5.41) is 0. The van der Waals surface area contributed by atoms with Crippen molar-refractivity contribution in [1.29, 1.82) is 0 Å². The van der Waals surface area contributed by atoms with Crippen LogP contribution in [0.4, 0.5) is 0 Å². The van der Waals surface area contributed by atoms with Crippen LogP contribution in [-0.2, 0) is 11.2 Å². The number of likely N-dealkylation sites (N-methyl/N-ethyl adjacent to an activating group) is 1. The van der Waals surface area contributed by atoms with Gasteiger partial charge < -0.3 is 20.1 Å². The van der Waals surface area contributed by atoms with Crippen LogP contribution in [0.15, 0.2) is 22.7 Å². The number of ether oxygens (including phenoxy) is 2. The number of hydrogen-bond donors (Lipinski definition) is 1. The molecule has 1 aromatic rings. The summed E-state index contributed by atoms with van der Waals surface area (Å²) in [6.45, 7) is 2.65. The van der Waals surface area contributed by atoms with Crippen molar-refractivity contribution in [2.45, 2.75) is 18.6 Å². The van der Waals surface area contributed by atoms with Crippen LogP contribution in [0, 0.1) is 0 Å². The fourth-order valence-electron chi connectivity index (χ4n) is 2.31. The summed E-state index contributed by atoms with van der Waals surface area (Å²) in [6, 6.07) is 6.09. The molecule has 1 saturated heterocycles. The SMILES string of the molecule is COc1ccc(CC(N)C2CN(C)CCO2)cc1Br. The molecule has 5 heteroatoms. The second kappa shape index (κ2) is 6.70. The van der Waals surface area contributed by atoms with Gasteiger partial charge >= 0.3 is 0 Å². The lowest BCUT2D eigenvalue weighted by Gasteiger charge is -2.33. The Labute approximate surface area is 123 Å². The van der Waals surface area contributed by atoms with E-state index in [0.717, 1.165) is 36.3 Å². The van der Waals surface area contributed by atoms with Crippen molar-refractivity contribution in [1.82, 2.24) is 4.90 Å². The van der Waals surface area contributed by atoms with E-state index in [-0.39, 0.29) is 12.1 Å². The number of nitrogens with two attached hydrogens (primary N) is 1. The van der Waals surface area contributed by atoms with Crippen LogP contribution in [0.5, 0.6) is 5.75 Å². The predicted molar refractivity (Wildman–Crippen MR) is 79.6 cm³/mol. The molecule has 19 heavy (non-hydrogen) atoms. The fourth-order valence-corrected chi connectivity index (χ4v) is 2.90. The lowest BCUT2D eigenvalue weighted by atomic mass is 10.0. The van der Waals surface area contributed by atoms with Crippen LogP contribution in [0.1, 0.15) is 5.56 Å². The Bertz CT molecular complexity index is 428. The number of benzene rings is 1. The van der Waals surface area contributed by atoms with Gasteiger partial charge in [0.2, 0.25) is 0 Å². The molecule has 0 aromatic heterocycles. The fraction of sp³-hybridized carbons (Fsp3) is 0.571. The van der Waals surface area contributed by atoms with E-state index in [2.05, 4.69) is 40.0 Å². The zero-order valence-electron chi connectivity index (χ0n) is 11.4. The molecule has 0 radical (unpaired) electrons. The predicted octanol–water partition coefficient (Wildman–Crippen LogP) is 1.66. The molecule has 0 amide bonds. The lowest BCUT2D eigenvalue weighted by Crippen LogP contribution is -2.50. The zero-order valence-corrected chi connectivity index (χ0v) is 13.0. The molecule has 2 N–H and O–H groups in total. The van der Waals surface area contributed by atoms with Crippen LogP contribution in [0.2, 0.25) is 0 Å². The zero-order chi connectivity index (χ0) is 13.8. The molecule has 106 valence electrons. The van der Waals surface area contributed by atoms with E-state index in [1.165, 1.54) is 5.56 Å². The molecule has 4 nitrogen and oxygen atoms in total. The van der Waals surface area contributed by atoms with Gasteiger partial charge in [-0.3, -0.25) is 0 Å². The van der Waals surface area contributed by atoms with Gasteiger partial charge in [0.15, 0.2) is 0 Å². The number of morpholine rings is 1. The summed E-state index contributed by atoms with van der Waals surface area (Å²) in [4.78, 5) is 2.26. The van der Waals surface area contributed by atoms with Crippen LogP contribution >= 0.6 is 15.9 Å². The Hall–Kier alpha value is -0.620. The standard InChI is InChI=1S/C14H21BrN2O2/c1-17-5-6-19-14(9-17)12(16)8-10-3-4-13(18-2)11(15)7-10/h3-4,7,12,14H,5-6,8-9,16H2,1-2H3. The molecular weight excluding hydrogens is 308 g/mol. The van der Waals surface area contributed by atoms with Crippen LogP contribution in [0.25, 0.3) is 0 Å². The first-order valence-corrected chi connectivity index (χ1v) is 7.27. The van der Waals surface area contributed by atoms with Crippen molar-refractivity contribution < 1.29 is 9.47 Å². The second-order valence-corrected chi connectivity index (χ2v) is 5.86. The first-order chi connectivity index (χ1) is 9.10. The molecule has 2 rings (SSSR count). The van der Waals surface area contributed by atoms with E-state index < -0.39 is 0 Å². The minimum Gasteiger partial charge on any atom is -0.496 e. The molecule has 1 heterocycles. The normalized spacial score (nSPS) is 22.2. The minimum absolute atomic E-state index is 0.0167. The van der Waals surface area contributed by atoms with E-state index in [1.807, 2.05) is 6.07 Å². The van der Waals surface area contributed by atoms with Gasteiger partial charge in [0, 0.05) is 19.1 Å². The van der Waals surface area contributed by atoms with Crippen molar-refractivity contribution in [3.63, 3.8) is 0 Å². The highest BCUT2D eigenvalue weighted by atomic mass is 79.9. The molecule has 1 aliphatic heterocycles. The first-order valence-electron chi connectivity index (χ1n) is 6.48. The third kappa shape index (κ3) is 3.92. The third-order valence-electron chi connectivity index (χ3n) is 3.46. The third-order valence-corrected chi connectivity index (χ3v) is 4.08. The van der Waals surface area contributed by atoms with Gasteiger partial charge in [-0.1, -0.05) is 6.07 Å². The molecule has 1 fully saturated rings. The van der Waals surface area contributed by atoms with E-state index >= 15 is 0 Å². The van der Waals surface area contributed by atoms with Gasteiger partial charge in [-0.15, -0.1) is 0 Å². The molecule has 2 unspecified atom stereocenters. The summed E-state index contributed by atoms with van der Waals surface area (Å²) in [7, 11) is 3.77. The smallest absolute Gasteiger partial charge is 0.133 e. The minimum atomic E-state index is 0.0167. The maximum atomic E-state index is 6.27. The number of methoxy groups -OCH3 is 1. The molecule has 0 saturated carbocycles. The summed E-state index contributed by atoms with van der Waals surface area (Å²) in [5.74, 6) is 0.839. The highest BCUT2D eigenvalue weighted by Crippen LogP contribution is 2.26. The molecule has 0 aliphatic carbocycles. The average molecular weight is 329 g/mol. The topological polar surface area (TPSA) is 47.7 Å². The highest BCUT2D eigenvalue weighted by Gasteiger charge is 2.24. The van der Waals surface area contributed by atoms with Crippen molar-refractivity contribution in [2.24, 2.45) is 5.73 Å². The average Bonchev–Trinajstić information content (AvgIpc) is 2.39. The Kier molecular flexibility index (Phi) is 5.21. The Morgan fingerprint density at radius 2 is 2.37 bits per heavy atom. The molecule has 1 aromatic carbocycles. The molecule has 0 bridgehead atoms. The Morgan fingerprint density at radius 1 is 1.58 bits per heavy atom. The quantitative estimate of drug-likeness (QED) is 0.913. The van der Waals surface area contributed by atoms with Gasteiger partial charge in [-0.2, -0.15) is 0 Å². The van der Waals surface area contributed by atoms with E-state index in [0.29, 0.717) is 0 Å². The number of rotatable bonds is 4. The Morgan fingerprint density at radius 3 is 3.00 bits per heavy atom. The van der Waals surface area contributed by atoms with Gasteiger partial charge in [-0.25, -0.2) is 0 Å². The monoisotopic (exact) mass is 328 g/mol. The van der Waals surface area contributed by atoms with Crippen LogP contribution in [-0.4, -0.2) is 50.9 Å². The van der Waals surface area contributed by atoms with E-state index in [9.17, 15) is 0 Å². The van der Waals surface area contributed by atoms with Gasteiger partial charge in [0.1, 0.15) is 5.75 Å². The van der Waals surface area contributed by atoms with Gasteiger partial charge in [0.05, 0.1) is 24.3 Å². The highest BCUT2D eigenvalue weighted by molar-refractivity contribution is 9.10. The van der Waals surface area contributed by atoms with Crippen molar-refractivity contribution in [2.75, 3.05) is 33.9 Å². The van der Waals surface area contributed by atoms with E-state index in [4.69, 9.17) is 15.2 Å². The molecule has 0 spiro atoms. The largest absolute Gasteiger partial charge is 0.496 e. The number of nitrogens with zero attached hydrogens (tertiary/aromatic N) is 1. The second-order valence-electron chi connectivity index (χ2n) is 5.01. The maximum absolute atomic E-state index is 6.27. The maximum Gasteiger partial charge on any atom is 0.133 e. The summed E-state index contributed by atoms with van der Waals surface area (Å²) in [6.07, 6.45) is 0.917. The number of halogens is 1. The lowest BCUT2D eigenvalue weighted by molar-refractivity contribution is -0.0319. The van der Waals surface area contributed by atoms with Crippen molar-refractivity contribution >= 4 is 15.9 Å². The molecule has 2 atom stereocenters. The van der Waals surface area contributed by atoms with Crippen molar-refractivity contribution in [3.05, 3.63) is 28.2 Å². The summed E-state index contributed by atoms with van der Waals surface area (Å²) >= 11 is 3.50. The first kappa shape index (κ1) is 14.8. The molecule has 1 aliphatic rings. The number of hydrogen-bond acceptors (Lipinski definition) is 4. The summed E-state index contributed by atoms with van der Waals surface area (Å²) in [5.41, 5.74) is 7.46.